The fraction of sp³-hybridized carbons (Fsp3) is 0.375. The summed E-state index contributed by atoms with van der Waals surface area (Å²) < 4.78 is 40.5. The number of hydrogen-bond acceptors (Lipinski definition) is 6. The predicted molar refractivity (Wildman–Crippen MR) is 125 cm³/mol. The monoisotopic (exact) mass is 535 g/mol. The molecule has 0 aromatic heterocycles. The molecule has 0 aliphatic carbocycles. The van der Waals surface area contributed by atoms with Gasteiger partial charge in [-0.3, -0.25) is 0 Å². The minimum absolute atomic E-state index is 0.0350. The van der Waals surface area contributed by atoms with Crippen LogP contribution in [0.1, 0.15) is 36.8 Å². The molecule has 9 heteroatoms. The minimum atomic E-state index is -4.18. The lowest BCUT2D eigenvalue weighted by molar-refractivity contribution is -0.214. The number of nitrogens with zero attached hydrogens (tertiary/aromatic N) is 1. The Kier molecular flexibility index (Phi) is 6.95. The molecule has 2 aromatic rings. The van der Waals surface area contributed by atoms with Crippen LogP contribution in [-0.4, -0.2) is 42.9 Å². The zero-order valence-electron chi connectivity index (χ0n) is 18.3. The number of carbonyl (C=O) groups excluding carboxylic acids is 1. The molecule has 4 rings (SSSR count). The smallest absolute Gasteiger partial charge is 0.355 e. The molecule has 2 aromatic carbocycles. The summed E-state index contributed by atoms with van der Waals surface area (Å²) in [7, 11) is -4.18. The lowest BCUT2D eigenvalue weighted by Crippen LogP contribution is -2.54. The highest BCUT2D eigenvalue weighted by Crippen LogP contribution is 2.46. The third-order valence-electron chi connectivity index (χ3n) is 5.99. The van der Waals surface area contributed by atoms with E-state index in [0.717, 1.165) is 19.9 Å². The first-order valence-corrected chi connectivity index (χ1v) is 13.0. The first-order chi connectivity index (χ1) is 15.7. The summed E-state index contributed by atoms with van der Waals surface area (Å²) in [5.41, 5.74) is 1.72. The van der Waals surface area contributed by atoms with Gasteiger partial charge in [0.15, 0.2) is 12.5 Å². The van der Waals surface area contributed by atoms with Crippen molar-refractivity contribution in [3.63, 3.8) is 0 Å². The fourth-order valence-corrected chi connectivity index (χ4v) is 6.22. The SMILES string of the molecule is CCOC(=O)C1=C[C@H](c2ccc(Br)cc2)[C@H]2CCC(O)O[C@H]2N1S(=O)(=O)c1ccc(C)cc1. The molecule has 2 aliphatic heterocycles. The Labute approximate surface area is 202 Å². The zero-order valence-corrected chi connectivity index (χ0v) is 20.8. The van der Waals surface area contributed by atoms with Gasteiger partial charge in [0.05, 0.1) is 11.5 Å². The van der Waals surface area contributed by atoms with Crippen molar-refractivity contribution in [1.82, 2.24) is 4.31 Å². The predicted octanol–water partition coefficient (Wildman–Crippen LogP) is 4.06. The van der Waals surface area contributed by atoms with Crippen LogP contribution in [-0.2, 0) is 24.3 Å². The average Bonchev–Trinajstić information content (AvgIpc) is 2.78. The molecule has 1 saturated heterocycles. The second kappa shape index (κ2) is 9.58. The Morgan fingerprint density at radius 2 is 1.82 bits per heavy atom. The molecule has 0 amide bonds. The summed E-state index contributed by atoms with van der Waals surface area (Å²) >= 11 is 3.43. The van der Waals surface area contributed by atoms with Crippen molar-refractivity contribution in [3.8, 4) is 0 Å². The highest BCUT2D eigenvalue weighted by atomic mass is 79.9. The third kappa shape index (κ3) is 4.73. The summed E-state index contributed by atoms with van der Waals surface area (Å²) in [4.78, 5) is 13.0. The van der Waals surface area contributed by atoms with Crippen LogP contribution in [0.15, 0.2) is 69.7 Å². The van der Waals surface area contributed by atoms with E-state index < -0.39 is 28.5 Å². The van der Waals surface area contributed by atoms with Crippen LogP contribution in [0.5, 0.6) is 0 Å². The van der Waals surface area contributed by atoms with E-state index in [1.54, 1.807) is 25.1 Å². The first-order valence-electron chi connectivity index (χ1n) is 10.8. The number of aliphatic hydroxyl groups is 1. The van der Waals surface area contributed by atoms with Gasteiger partial charge in [-0.15, -0.1) is 0 Å². The van der Waals surface area contributed by atoms with Crippen LogP contribution in [0.3, 0.4) is 0 Å². The number of aryl methyl sites for hydroxylation is 1. The summed E-state index contributed by atoms with van der Waals surface area (Å²) in [6.45, 7) is 3.62. The largest absolute Gasteiger partial charge is 0.461 e. The Morgan fingerprint density at radius 3 is 2.45 bits per heavy atom. The maximum Gasteiger partial charge on any atom is 0.355 e. The van der Waals surface area contributed by atoms with Gasteiger partial charge in [-0.2, -0.15) is 0 Å². The molecule has 176 valence electrons. The second-order valence-corrected chi connectivity index (χ2v) is 10.9. The summed E-state index contributed by atoms with van der Waals surface area (Å²) in [5.74, 6) is -1.34. The van der Waals surface area contributed by atoms with E-state index in [-0.39, 0.29) is 29.0 Å². The van der Waals surface area contributed by atoms with Crippen molar-refractivity contribution < 1.29 is 27.8 Å². The van der Waals surface area contributed by atoms with Crippen LogP contribution >= 0.6 is 15.9 Å². The molecule has 33 heavy (non-hydrogen) atoms. The van der Waals surface area contributed by atoms with Gasteiger partial charge in [0.2, 0.25) is 0 Å². The van der Waals surface area contributed by atoms with Crippen molar-refractivity contribution in [2.75, 3.05) is 6.61 Å². The Hall–Kier alpha value is -2.20. The molecular weight excluding hydrogens is 510 g/mol. The van der Waals surface area contributed by atoms with Crippen molar-refractivity contribution in [2.24, 2.45) is 5.92 Å². The molecule has 1 unspecified atom stereocenters. The van der Waals surface area contributed by atoms with E-state index in [2.05, 4.69) is 15.9 Å². The van der Waals surface area contributed by atoms with E-state index in [1.165, 1.54) is 12.1 Å². The lowest BCUT2D eigenvalue weighted by Gasteiger charge is -2.47. The van der Waals surface area contributed by atoms with Crippen LogP contribution < -0.4 is 0 Å². The van der Waals surface area contributed by atoms with E-state index in [9.17, 15) is 18.3 Å². The van der Waals surface area contributed by atoms with E-state index >= 15 is 0 Å². The zero-order chi connectivity index (χ0) is 23.8. The van der Waals surface area contributed by atoms with Crippen LogP contribution in [0, 0.1) is 12.8 Å². The highest BCUT2D eigenvalue weighted by Gasteiger charge is 2.50. The molecule has 2 aliphatic rings. The number of benzene rings is 2. The number of ether oxygens (including phenoxy) is 2. The van der Waals surface area contributed by atoms with Gasteiger partial charge >= 0.3 is 5.97 Å². The molecule has 7 nitrogen and oxygen atoms in total. The van der Waals surface area contributed by atoms with Gasteiger partial charge in [0.1, 0.15) is 5.70 Å². The van der Waals surface area contributed by atoms with E-state index in [4.69, 9.17) is 9.47 Å². The first kappa shape index (κ1) is 23.9. The summed E-state index contributed by atoms with van der Waals surface area (Å²) in [5, 5.41) is 10.3. The molecule has 2 heterocycles. The Bertz CT molecular complexity index is 1150. The molecule has 1 N–H and O–H groups in total. The quantitative estimate of drug-likeness (QED) is 0.580. The van der Waals surface area contributed by atoms with Gasteiger partial charge in [0, 0.05) is 16.3 Å². The molecule has 0 spiro atoms. The molecule has 0 bridgehead atoms. The standard InChI is InChI=1S/C24H26BrNO6S/c1-3-31-24(28)21-14-20(16-6-8-17(25)9-7-16)19-12-13-22(27)32-23(19)26(21)33(29,30)18-10-4-15(2)5-11-18/h4-11,14,19-20,22-23,27H,3,12-13H2,1-2H3/t19-,20-,22?,23-/m1/s1. The average molecular weight is 536 g/mol. The van der Waals surface area contributed by atoms with E-state index in [1.807, 2.05) is 31.2 Å². The molecule has 4 atom stereocenters. The molecule has 0 saturated carbocycles. The van der Waals surface area contributed by atoms with E-state index in [0.29, 0.717) is 12.8 Å². The summed E-state index contributed by atoms with van der Waals surface area (Å²) in [6.07, 6.45) is 0.371. The van der Waals surface area contributed by atoms with Gasteiger partial charge in [-0.25, -0.2) is 17.5 Å². The molecule has 1 fully saturated rings. The number of carbonyl (C=O) groups is 1. The topological polar surface area (TPSA) is 93.1 Å². The number of allylic oxidation sites excluding steroid dienone is 1. The fourth-order valence-electron chi connectivity index (χ4n) is 4.38. The lowest BCUT2D eigenvalue weighted by atomic mass is 9.78. The van der Waals surface area contributed by atoms with Crippen molar-refractivity contribution in [2.45, 2.75) is 50.0 Å². The molecule has 0 radical (unpaired) electrons. The number of sulfonamides is 1. The number of hydrogen-bond donors (Lipinski definition) is 1. The maximum atomic E-state index is 13.8. The second-order valence-electron chi connectivity index (χ2n) is 8.19. The van der Waals surface area contributed by atoms with Gasteiger partial charge in [-0.05, 0) is 62.6 Å². The number of aliphatic hydroxyl groups excluding tert-OH is 1. The normalized spacial score (nSPS) is 25.2. The van der Waals surface area contributed by atoms with Crippen molar-refractivity contribution >= 4 is 31.9 Å². The van der Waals surface area contributed by atoms with Gasteiger partial charge < -0.3 is 14.6 Å². The number of rotatable bonds is 5. The summed E-state index contributed by atoms with van der Waals surface area (Å²) in [6, 6.07) is 14.1. The maximum absolute atomic E-state index is 13.8. The van der Waals surface area contributed by atoms with Crippen LogP contribution in [0.2, 0.25) is 0 Å². The minimum Gasteiger partial charge on any atom is -0.461 e. The van der Waals surface area contributed by atoms with Crippen LogP contribution in [0.25, 0.3) is 0 Å². The number of esters is 1. The molecular formula is C24H26BrNO6S. The Balaban J connectivity index is 1.88. The number of fused-ring (bicyclic) bond motifs is 1. The van der Waals surface area contributed by atoms with Crippen molar-refractivity contribution in [1.29, 1.82) is 0 Å². The Morgan fingerprint density at radius 1 is 1.15 bits per heavy atom. The van der Waals surface area contributed by atoms with Crippen molar-refractivity contribution in [3.05, 3.63) is 75.9 Å². The van der Waals surface area contributed by atoms with Crippen LogP contribution in [0.4, 0.5) is 0 Å². The van der Waals surface area contributed by atoms with Gasteiger partial charge in [0.25, 0.3) is 10.0 Å². The third-order valence-corrected chi connectivity index (χ3v) is 8.31. The number of halogens is 1. The van der Waals surface area contributed by atoms with Gasteiger partial charge in [-0.1, -0.05) is 45.8 Å². The highest BCUT2D eigenvalue weighted by molar-refractivity contribution is 9.10.